The highest BCUT2D eigenvalue weighted by Gasteiger charge is 2.18. The molecule has 2 aromatic heterocycles. The van der Waals surface area contributed by atoms with Gasteiger partial charge in [-0.1, -0.05) is 36.4 Å². The molecule has 26 heavy (non-hydrogen) atoms. The van der Waals surface area contributed by atoms with Gasteiger partial charge in [-0.25, -0.2) is 19.3 Å². The zero-order chi connectivity index (χ0) is 17.9. The molecule has 6 nitrogen and oxygen atoms in total. The number of rotatable bonds is 5. The van der Waals surface area contributed by atoms with Crippen LogP contribution in [0.4, 0.5) is 0 Å². The minimum atomic E-state index is 0.226. The zero-order valence-electron chi connectivity index (χ0n) is 13.6. The summed E-state index contributed by atoms with van der Waals surface area (Å²) in [5, 5.41) is 9.09. The highest BCUT2D eigenvalue weighted by atomic mass is 35.5. The summed E-state index contributed by atoms with van der Waals surface area (Å²) < 4.78 is 3.40. The van der Waals surface area contributed by atoms with Gasteiger partial charge in [0.05, 0.1) is 23.1 Å². The molecule has 0 fully saturated rings. The van der Waals surface area contributed by atoms with E-state index >= 15 is 0 Å². The first-order chi connectivity index (χ1) is 12.8. The minimum Gasteiger partial charge on any atom is -0.216 e. The van der Waals surface area contributed by atoms with Crippen LogP contribution in [0, 0.1) is 0 Å². The molecule has 0 atom stereocenters. The van der Waals surface area contributed by atoms with E-state index in [1.54, 1.807) is 9.36 Å². The number of aromatic nitrogens is 6. The van der Waals surface area contributed by atoms with Crippen molar-refractivity contribution < 1.29 is 0 Å². The van der Waals surface area contributed by atoms with E-state index in [4.69, 9.17) is 23.2 Å². The summed E-state index contributed by atoms with van der Waals surface area (Å²) in [5.41, 5.74) is 1.75. The fourth-order valence-electron chi connectivity index (χ4n) is 2.60. The average molecular weight is 385 g/mol. The molecule has 0 aliphatic heterocycles. The fourth-order valence-corrected chi connectivity index (χ4v) is 2.95. The maximum Gasteiger partial charge on any atom is 0.221 e. The molecule has 0 aliphatic rings. The largest absolute Gasteiger partial charge is 0.221 e. The van der Waals surface area contributed by atoms with Gasteiger partial charge in [0.25, 0.3) is 0 Å². The number of para-hydroxylation sites is 2. The molecular weight excluding hydrogens is 371 g/mol. The molecule has 0 unspecified atom stereocenters. The summed E-state index contributed by atoms with van der Waals surface area (Å²) in [6, 6.07) is 19.4. The normalized spacial score (nSPS) is 11.0. The molecular formula is C18H14Cl2N6. The predicted octanol–water partition coefficient (Wildman–Crippen LogP) is 3.99. The van der Waals surface area contributed by atoms with Crippen LogP contribution in [0.5, 0.6) is 0 Å². The molecule has 8 heteroatoms. The Bertz CT molecular complexity index is 927. The Morgan fingerprint density at radius 2 is 1.00 bits per heavy atom. The lowest BCUT2D eigenvalue weighted by Gasteiger charge is -2.02. The summed E-state index contributed by atoms with van der Waals surface area (Å²) in [6.07, 6.45) is 0. The van der Waals surface area contributed by atoms with Gasteiger partial charge in [0.15, 0.2) is 0 Å². The SMILES string of the molecule is ClCc1nc(-c2nc(CCl)n(-c3ccccc3)n2)nn1-c1ccccc1. The molecule has 4 aromatic rings. The van der Waals surface area contributed by atoms with Crippen LogP contribution in [-0.4, -0.2) is 29.5 Å². The summed E-state index contributed by atoms with van der Waals surface area (Å²) >= 11 is 12.1. The maximum atomic E-state index is 6.05. The number of hydrogen-bond donors (Lipinski definition) is 0. The van der Waals surface area contributed by atoms with Crippen molar-refractivity contribution in [3.05, 3.63) is 72.3 Å². The third-order valence-electron chi connectivity index (χ3n) is 3.79. The second-order valence-electron chi connectivity index (χ2n) is 5.47. The van der Waals surface area contributed by atoms with Crippen molar-refractivity contribution in [2.24, 2.45) is 0 Å². The Morgan fingerprint density at radius 3 is 1.35 bits per heavy atom. The molecule has 0 N–H and O–H groups in total. The number of hydrogen-bond acceptors (Lipinski definition) is 4. The van der Waals surface area contributed by atoms with Gasteiger partial charge in [-0.05, 0) is 24.3 Å². The minimum absolute atomic E-state index is 0.226. The van der Waals surface area contributed by atoms with Gasteiger partial charge in [-0.15, -0.1) is 33.4 Å². The first-order valence-corrected chi connectivity index (χ1v) is 9.02. The van der Waals surface area contributed by atoms with Crippen molar-refractivity contribution in [3.8, 4) is 23.0 Å². The molecule has 130 valence electrons. The smallest absolute Gasteiger partial charge is 0.216 e. The molecule has 0 amide bonds. The van der Waals surface area contributed by atoms with Crippen molar-refractivity contribution in [2.45, 2.75) is 11.8 Å². The van der Waals surface area contributed by atoms with E-state index in [9.17, 15) is 0 Å². The Balaban J connectivity index is 1.79. The molecule has 4 rings (SSSR count). The number of benzene rings is 2. The van der Waals surface area contributed by atoms with E-state index in [0.29, 0.717) is 23.3 Å². The Hall–Kier alpha value is -2.70. The van der Waals surface area contributed by atoms with Crippen molar-refractivity contribution in [1.29, 1.82) is 0 Å². The van der Waals surface area contributed by atoms with E-state index in [0.717, 1.165) is 11.4 Å². The maximum absolute atomic E-state index is 6.05. The Morgan fingerprint density at radius 1 is 0.615 bits per heavy atom. The lowest BCUT2D eigenvalue weighted by Crippen LogP contribution is -2.01. The molecule has 2 heterocycles. The number of nitrogens with zero attached hydrogens (tertiary/aromatic N) is 6. The van der Waals surface area contributed by atoms with Gasteiger partial charge in [-0.3, -0.25) is 0 Å². The van der Waals surface area contributed by atoms with Crippen molar-refractivity contribution in [2.75, 3.05) is 0 Å². The Labute approximate surface area is 160 Å². The van der Waals surface area contributed by atoms with Crippen LogP contribution in [0.2, 0.25) is 0 Å². The van der Waals surface area contributed by atoms with Crippen LogP contribution in [0.15, 0.2) is 60.7 Å². The number of halogens is 2. The topological polar surface area (TPSA) is 61.4 Å². The molecule has 0 saturated heterocycles. The van der Waals surface area contributed by atoms with Crippen LogP contribution in [0.3, 0.4) is 0 Å². The van der Waals surface area contributed by atoms with Crippen LogP contribution < -0.4 is 0 Å². The van der Waals surface area contributed by atoms with E-state index in [2.05, 4.69) is 20.2 Å². The standard InChI is InChI=1S/C18H14Cl2N6/c19-11-15-21-17(23-25(15)13-7-3-1-4-8-13)18-22-16(12-20)26(24-18)14-9-5-2-6-10-14/h1-10H,11-12H2. The summed E-state index contributed by atoms with van der Waals surface area (Å²) in [5.74, 6) is 2.51. The van der Waals surface area contributed by atoms with Crippen molar-refractivity contribution in [1.82, 2.24) is 29.5 Å². The van der Waals surface area contributed by atoms with Crippen LogP contribution >= 0.6 is 23.2 Å². The van der Waals surface area contributed by atoms with Gasteiger partial charge >= 0.3 is 0 Å². The fraction of sp³-hybridized carbons (Fsp3) is 0.111. The van der Waals surface area contributed by atoms with E-state index < -0.39 is 0 Å². The molecule has 2 aromatic carbocycles. The predicted molar refractivity (Wildman–Crippen MR) is 101 cm³/mol. The highest BCUT2D eigenvalue weighted by Crippen LogP contribution is 2.20. The molecule has 0 spiro atoms. The van der Waals surface area contributed by atoms with Crippen LogP contribution in [-0.2, 0) is 11.8 Å². The lowest BCUT2D eigenvalue weighted by atomic mass is 10.3. The van der Waals surface area contributed by atoms with Crippen LogP contribution in [0.1, 0.15) is 11.6 Å². The van der Waals surface area contributed by atoms with Crippen molar-refractivity contribution in [3.63, 3.8) is 0 Å². The molecule has 0 radical (unpaired) electrons. The summed E-state index contributed by atoms with van der Waals surface area (Å²) in [6.45, 7) is 0. The van der Waals surface area contributed by atoms with Crippen LogP contribution in [0.25, 0.3) is 23.0 Å². The second-order valence-corrected chi connectivity index (χ2v) is 6.00. The zero-order valence-corrected chi connectivity index (χ0v) is 15.1. The summed E-state index contributed by atoms with van der Waals surface area (Å²) in [7, 11) is 0. The third kappa shape index (κ3) is 3.09. The van der Waals surface area contributed by atoms with Crippen molar-refractivity contribution >= 4 is 23.2 Å². The molecule has 0 bridgehead atoms. The van der Waals surface area contributed by atoms with Gasteiger partial charge in [-0.2, -0.15) is 0 Å². The van der Waals surface area contributed by atoms with E-state index in [1.807, 2.05) is 60.7 Å². The first-order valence-electron chi connectivity index (χ1n) is 7.95. The first kappa shape index (κ1) is 16.8. The average Bonchev–Trinajstić information content (AvgIpc) is 3.33. The molecule has 0 saturated carbocycles. The van der Waals surface area contributed by atoms with E-state index in [-0.39, 0.29) is 11.8 Å². The quantitative estimate of drug-likeness (QED) is 0.488. The second kappa shape index (κ2) is 7.27. The van der Waals surface area contributed by atoms with Gasteiger partial charge in [0.2, 0.25) is 11.6 Å². The van der Waals surface area contributed by atoms with E-state index in [1.165, 1.54) is 0 Å². The van der Waals surface area contributed by atoms with Gasteiger partial charge in [0.1, 0.15) is 11.6 Å². The monoisotopic (exact) mass is 384 g/mol. The highest BCUT2D eigenvalue weighted by molar-refractivity contribution is 6.17. The Kier molecular flexibility index (Phi) is 4.69. The third-order valence-corrected chi connectivity index (χ3v) is 4.27. The van der Waals surface area contributed by atoms with Gasteiger partial charge in [0, 0.05) is 0 Å². The molecule has 0 aliphatic carbocycles. The number of alkyl halides is 2. The lowest BCUT2D eigenvalue weighted by molar-refractivity contribution is 0.824. The van der Waals surface area contributed by atoms with Gasteiger partial charge < -0.3 is 0 Å². The summed E-state index contributed by atoms with van der Waals surface area (Å²) in [4.78, 5) is 8.99.